The summed E-state index contributed by atoms with van der Waals surface area (Å²) in [5.74, 6) is 0. The molecule has 0 aliphatic carbocycles. The van der Waals surface area contributed by atoms with Gasteiger partial charge in [-0.05, 0) is 24.3 Å². The van der Waals surface area contributed by atoms with Gasteiger partial charge in [-0.3, -0.25) is 0 Å². The van der Waals surface area contributed by atoms with Crippen molar-refractivity contribution >= 4 is 39.9 Å². The highest BCUT2D eigenvalue weighted by Crippen LogP contribution is 2.29. The van der Waals surface area contributed by atoms with E-state index < -0.39 is 0 Å². The highest BCUT2D eigenvalue weighted by Gasteiger charge is 2.05. The van der Waals surface area contributed by atoms with Gasteiger partial charge in [0.1, 0.15) is 12.0 Å². The van der Waals surface area contributed by atoms with E-state index in [1.165, 1.54) is 18.4 Å². The van der Waals surface area contributed by atoms with Crippen molar-refractivity contribution < 1.29 is 9.22 Å². The summed E-state index contributed by atoms with van der Waals surface area (Å²) in [6, 6.07) is 7.73. The van der Waals surface area contributed by atoms with E-state index in [0.29, 0.717) is 9.47 Å². The van der Waals surface area contributed by atoms with Crippen molar-refractivity contribution in [2.24, 2.45) is 10.2 Å². The van der Waals surface area contributed by atoms with E-state index in [9.17, 15) is 0 Å². The van der Waals surface area contributed by atoms with Crippen molar-refractivity contribution in [3.63, 3.8) is 0 Å². The Morgan fingerprint density at radius 1 is 1.15 bits per heavy atom. The van der Waals surface area contributed by atoms with E-state index in [0.717, 1.165) is 23.4 Å². The zero-order chi connectivity index (χ0) is 14.4. The van der Waals surface area contributed by atoms with Gasteiger partial charge in [-0.2, -0.15) is 4.33 Å². The van der Waals surface area contributed by atoms with Crippen molar-refractivity contribution in [2.45, 2.75) is 4.34 Å². The standard InChI is InChI=1S/C11H13N5O2S2/c1-16(2)9-6-4-8(5-7-9)12-13-10-14-15-11(19-10)20-18-17-3/h4-7H,1-3H3. The number of aromatic nitrogens is 2. The highest BCUT2D eigenvalue weighted by atomic mass is 32.2. The molecule has 106 valence electrons. The molecule has 2 aromatic rings. The Hall–Kier alpha value is -1.55. The Morgan fingerprint density at radius 2 is 1.90 bits per heavy atom. The lowest BCUT2D eigenvalue weighted by atomic mass is 10.3. The summed E-state index contributed by atoms with van der Waals surface area (Å²) in [4.78, 5) is 6.48. The number of hydrogen-bond acceptors (Lipinski definition) is 9. The summed E-state index contributed by atoms with van der Waals surface area (Å²) >= 11 is 2.25. The van der Waals surface area contributed by atoms with Crippen LogP contribution in [0.25, 0.3) is 0 Å². The van der Waals surface area contributed by atoms with E-state index in [2.05, 4.69) is 29.6 Å². The molecule has 0 aliphatic heterocycles. The average Bonchev–Trinajstić information content (AvgIpc) is 2.91. The fourth-order valence-corrected chi connectivity index (χ4v) is 2.30. The van der Waals surface area contributed by atoms with Crippen LogP contribution < -0.4 is 4.90 Å². The van der Waals surface area contributed by atoms with Crippen LogP contribution >= 0.6 is 23.4 Å². The number of anilines is 1. The number of nitrogens with zero attached hydrogens (tertiary/aromatic N) is 5. The predicted molar refractivity (Wildman–Crippen MR) is 78.8 cm³/mol. The fourth-order valence-electron chi connectivity index (χ4n) is 1.26. The van der Waals surface area contributed by atoms with E-state index in [1.807, 2.05) is 43.3 Å². The minimum atomic E-state index is 0.462. The molecule has 2 rings (SSSR count). The number of azo groups is 1. The number of rotatable bonds is 6. The maximum Gasteiger partial charge on any atom is 0.252 e. The van der Waals surface area contributed by atoms with Crippen molar-refractivity contribution in [1.29, 1.82) is 0 Å². The molecule has 1 aromatic heterocycles. The van der Waals surface area contributed by atoms with Crippen LogP contribution in [-0.2, 0) is 9.22 Å². The highest BCUT2D eigenvalue weighted by molar-refractivity contribution is 7.96. The summed E-state index contributed by atoms with van der Waals surface area (Å²) in [5, 5.41) is 16.3. The first kappa shape index (κ1) is 14.9. The van der Waals surface area contributed by atoms with Crippen LogP contribution in [0.2, 0.25) is 0 Å². The summed E-state index contributed by atoms with van der Waals surface area (Å²) < 4.78 is 5.28. The van der Waals surface area contributed by atoms with E-state index in [4.69, 9.17) is 0 Å². The first-order chi connectivity index (χ1) is 9.69. The summed E-state index contributed by atoms with van der Waals surface area (Å²) in [5.41, 5.74) is 1.86. The smallest absolute Gasteiger partial charge is 0.252 e. The fraction of sp³-hybridized carbons (Fsp3) is 0.273. The minimum absolute atomic E-state index is 0.462. The van der Waals surface area contributed by atoms with Crippen LogP contribution in [0, 0.1) is 0 Å². The maximum atomic E-state index is 4.68. The lowest BCUT2D eigenvalue weighted by molar-refractivity contribution is -0.160. The summed E-state index contributed by atoms with van der Waals surface area (Å²) in [7, 11) is 5.39. The molecular weight excluding hydrogens is 298 g/mol. The third-order valence-corrected chi connectivity index (χ3v) is 3.67. The normalized spacial score (nSPS) is 11.2. The molecule has 1 heterocycles. The Bertz CT molecular complexity index is 570. The lowest BCUT2D eigenvalue weighted by Gasteiger charge is -2.11. The molecule has 1 aromatic carbocycles. The van der Waals surface area contributed by atoms with Crippen LogP contribution in [0.3, 0.4) is 0 Å². The first-order valence-electron chi connectivity index (χ1n) is 5.59. The molecular formula is C11H13N5O2S2. The molecule has 0 atom stereocenters. The Balaban J connectivity index is 1.99. The van der Waals surface area contributed by atoms with Gasteiger partial charge in [0.15, 0.2) is 0 Å². The molecule has 0 bridgehead atoms. The third kappa shape index (κ3) is 4.23. The van der Waals surface area contributed by atoms with Crippen LogP contribution in [0.5, 0.6) is 0 Å². The second kappa shape index (κ2) is 7.29. The molecule has 0 saturated heterocycles. The molecule has 7 nitrogen and oxygen atoms in total. The van der Waals surface area contributed by atoms with Gasteiger partial charge in [0, 0.05) is 19.8 Å². The van der Waals surface area contributed by atoms with Gasteiger partial charge < -0.3 is 4.90 Å². The largest absolute Gasteiger partial charge is 0.378 e. The van der Waals surface area contributed by atoms with Crippen molar-refractivity contribution in [1.82, 2.24) is 10.2 Å². The molecule has 0 amide bonds. The lowest BCUT2D eigenvalue weighted by Crippen LogP contribution is -2.07. The SMILES string of the molecule is COOSc1nnc(N=Nc2ccc(N(C)C)cc2)s1. The maximum absolute atomic E-state index is 4.68. The van der Waals surface area contributed by atoms with E-state index >= 15 is 0 Å². The number of hydrogen-bond donors (Lipinski definition) is 0. The van der Waals surface area contributed by atoms with Gasteiger partial charge in [0.05, 0.1) is 12.8 Å². The van der Waals surface area contributed by atoms with Crippen LogP contribution in [-0.4, -0.2) is 31.4 Å². The quantitative estimate of drug-likeness (QED) is 0.351. The Kier molecular flexibility index (Phi) is 5.41. The number of benzene rings is 1. The van der Waals surface area contributed by atoms with Crippen molar-refractivity contribution in [3.8, 4) is 0 Å². The summed E-state index contributed by atoms with van der Waals surface area (Å²) in [6.45, 7) is 0. The molecule has 0 N–H and O–H groups in total. The van der Waals surface area contributed by atoms with Gasteiger partial charge >= 0.3 is 0 Å². The van der Waals surface area contributed by atoms with Crippen LogP contribution in [0.4, 0.5) is 16.5 Å². The molecule has 0 spiro atoms. The topological polar surface area (TPSA) is 72.2 Å². The molecule has 0 saturated carbocycles. The second-order valence-electron chi connectivity index (χ2n) is 3.78. The Labute approximate surface area is 124 Å². The summed E-state index contributed by atoms with van der Waals surface area (Å²) in [6.07, 6.45) is 0. The van der Waals surface area contributed by atoms with Gasteiger partial charge in [-0.15, -0.1) is 20.4 Å². The molecule has 0 radical (unpaired) electrons. The van der Waals surface area contributed by atoms with Gasteiger partial charge in [0.2, 0.25) is 4.34 Å². The van der Waals surface area contributed by atoms with Crippen molar-refractivity contribution in [2.75, 3.05) is 26.1 Å². The molecule has 0 unspecified atom stereocenters. The molecule has 0 fully saturated rings. The average molecular weight is 311 g/mol. The minimum Gasteiger partial charge on any atom is -0.378 e. The van der Waals surface area contributed by atoms with Gasteiger partial charge in [-0.1, -0.05) is 11.3 Å². The van der Waals surface area contributed by atoms with E-state index in [-0.39, 0.29) is 0 Å². The first-order valence-corrected chi connectivity index (χ1v) is 7.15. The Morgan fingerprint density at radius 3 is 2.55 bits per heavy atom. The zero-order valence-corrected chi connectivity index (χ0v) is 12.8. The van der Waals surface area contributed by atoms with Crippen molar-refractivity contribution in [3.05, 3.63) is 24.3 Å². The molecule has 20 heavy (non-hydrogen) atoms. The van der Waals surface area contributed by atoms with Crippen LogP contribution in [0.1, 0.15) is 0 Å². The molecule has 0 aliphatic rings. The van der Waals surface area contributed by atoms with Gasteiger partial charge in [-0.25, -0.2) is 4.89 Å². The second-order valence-corrected chi connectivity index (χ2v) is 5.68. The van der Waals surface area contributed by atoms with Gasteiger partial charge in [0.25, 0.3) is 5.13 Å². The van der Waals surface area contributed by atoms with Crippen LogP contribution in [0.15, 0.2) is 38.8 Å². The molecule has 9 heteroatoms. The monoisotopic (exact) mass is 311 g/mol. The zero-order valence-electron chi connectivity index (χ0n) is 11.2. The van der Waals surface area contributed by atoms with E-state index in [1.54, 1.807) is 0 Å². The predicted octanol–water partition coefficient (Wildman–Crippen LogP) is 3.60. The third-order valence-electron chi connectivity index (χ3n) is 2.19.